The third kappa shape index (κ3) is 5.80. The summed E-state index contributed by atoms with van der Waals surface area (Å²) in [7, 11) is -2.34. The highest BCUT2D eigenvalue weighted by Crippen LogP contribution is 2.32. The zero-order valence-electron chi connectivity index (χ0n) is 14.5. The van der Waals surface area contributed by atoms with E-state index in [9.17, 15) is 26.4 Å². The summed E-state index contributed by atoms with van der Waals surface area (Å²) in [5, 5.41) is 5.02. The topological polar surface area (TPSA) is 80.5 Å². The number of rotatable bonds is 6. The number of carbonyl (C=O) groups excluding carboxylic acids is 1. The van der Waals surface area contributed by atoms with Crippen LogP contribution in [-0.2, 0) is 34.0 Å². The summed E-state index contributed by atoms with van der Waals surface area (Å²) in [4.78, 5) is 13.4. The van der Waals surface area contributed by atoms with Crippen molar-refractivity contribution in [3.63, 3.8) is 0 Å². The summed E-state index contributed by atoms with van der Waals surface area (Å²) < 4.78 is 61.5. The van der Waals surface area contributed by atoms with Gasteiger partial charge in [0.05, 0.1) is 10.5 Å². The SMILES string of the molecule is CN(Cc1ccccc1C(F)(F)F)C(=O)CCc1ccc(S(N)(=O)=O)cc1. The Bertz CT molecular complexity index is 910. The van der Waals surface area contributed by atoms with E-state index in [1.807, 2.05) is 0 Å². The second-order valence-corrected chi connectivity index (χ2v) is 7.66. The Labute approximate surface area is 155 Å². The smallest absolute Gasteiger partial charge is 0.341 e. The molecule has 5 nitrogen and oxygen atoms in total. The van der Waals surface area contributed by atoms with Crippen LogP contribution >= 0.6 is 0 Å². The molecular formula is C18H19F3N2O3S. The number of amides is 1. The van der Waals surface area contributed by atoms with Gasteiger partial charge in [-0.25, -0.2) is 13.6 Å². The fourth-order valence-electron chi connectivity index (χ4n) is 2.57. The Morgan fingerprint density at radius 3 is 2.22 bits per heavy atom. The minimum atomic E-state index is -4.48. The van der Waals surface area contributed by atoms with Crippen molar-refractivity contribution in [3.05, 3.63) is 65.2 Å². The summed E-state index contributed by atoms with van der Waals surface area (Å²) in [6.07, 6.45) is -4.07. The van der Waals surface area contributed by atoms with Crippen molar-refractivity contribution in [1.82, 2.24) is 4.90 Å². The second kappa shape index (κ2) is 8.10. The molecule has 2 aromatic carbocycles. The number of benzene rings is 2. The Hall–Kier alpha value is -2.39. The maximum atomic E-state index is 13.0. The molecule has 0 atom stereocenters. The summed E-state index contributed by atoms with van der Waals surface area (Å²) >= 11 is 0. The first-order valence-electron chi connectivity index (χ1n) is 7.99. The molecule has 0 saturated heterocycles. The Kier molecular flexibility index (Phi) is 6.27. The van der Waals surface area contributed by atoms with Crippen LogP contribution in [0.5, 0.6) is 0 Å². The highest BCUT2D eigenvalue weighted by atomic mass is 32.2. The first-order valence-corrected chi connectivity index (χ1v) is 9.54. The first kappa shape index (κ1) is 20.9. The van der Waals surface area contributed by atoms with Gasteiger partial charge in [0.15, 0.2) is 0 Å². The summed E-state index contributed by atoms with van der Waals surface area (Å²) in [6.45, 7) is -0.154. The van der Waals surface area contributed by atoms with Crippen LogP contribution < -0.4 is 5.14 Å². The van der Waals surface area contributed by atoms with Gasteiger partial charge in [-0.15, -0.1) is 0 Å². The van der Waals surface area contributed by atoms with Gasteiger partial charge in [-0.3, -0.25) is 4.79 Å². The number of hydrogen-bond donors (Lipinski definition) is 1. The van der Waals surface area contributed by atoms with E-state index in [1.165, 1.54) is 42.3 Å². The van der Waals surface area contributed by atoms with Crippen molar-refractivity contribution in [2.75, 3.05) is 7.05 Å². The molecule has 27 heavy (non-hydrogen) atoms. The maximum Gasteiger partial charge on any atom is 0.416 e. The number of nitrogens with two attached hydrogens (primary N) is 1. The number of hydrogen-bond acceptors (Lipinski definition) is 3. The van der Waals surface area contributed by atoms with Crippen LogP contribution in [0.3, 0.4) is 0 Å². The van der Waals surface area contributed by atoms with Crippen molar-refractivity contribution >= 4 is 15.9 Å². The number of carbonyl (C=O) groups is 1. The molecule has 0 radical (unpaired) electrons. The lowest BCUT2D eigenvalue weighted by atomic mass is 10.1. The minimum Gasteiger partial charge on any atom is -0.341 e. The maximum absolute atomic E-state index is 13.0. The molecule has 0 saturated carbocycles. The van der Waals surface area contributed by atoms with Crippen molar-refractivity contribution in [2.45, 2.75) is 30.5 Å². The monoisotopic (exact) mass is 400 g/mol. The lowest BCUT2D eigenvalue weighted by Crippen LogP contribution is -2.27. The molecule has 0 aliphatic carbocycles. The zero-order valence-corrected chi connectivity index (χ0v) is 15.3. The molecule has 0 heterocycles. The molecule has 0 bridgehead atoms. The van der Waals surface area contributed by atoms with E-state index < -0.39 is 21.8 Å². The largest absolute Gasteiger partial charge is 0.416 e. The molecule has 0 aliphatic heterocycles. The second-order valence-electron chi connectivity index (χ2n) is 6.09. The normalized spacial score (nSPS) is 12.0. The predicted octanol–water partition coefficient (Wildman–Crippen LogP) is 2.94. The predicted molar refractivity (Wildman–Crippen MR) is 94.1 cm³/mol. The van der Waals surface area contributed by atoms with Crippen LogP contribution in [0.2, 0.25) is 0 Å². The molecule has 0 aromatic heterocycles. The Morgan fingerprint density at radius 1 is 1.07 bits per heavy atom. The Morgan fingerprint density at radius 2 is 1.67 bits per heavy atom. The summed E-state index contributed by atoms with van der Waals surface area (Å²) in [5.41, 5.74) is -0.0126. The molecule has 0 spiro atoms. The van der Waals surface area contributed by atoms with E-state index in [-0.39, 0.29) is 29.3 Å². The molecule has 2 N–H and O–H groups in total. The van der Waals surface area contributed by atoms with Crippen molar-refractivity contribution in [3.8, 4) is 0 Å². The fourth-order valence-corrected chi connectivity index (χ4v) is 3.08. The van der Waals surface area contributed by atoms with Gasteiger partial charge in [-0.05, 0) is 35.7 Å². The number of primary sulfonamides is 1. The van der Waals surface area contributed by atoms with Crippen LogP contribution in [0.1, 0.15) is 23.1 Å². The van der Waals surface area contributed by atoms with Crippen molar-refractivity contribution in [1.29, 1.82) is 0 Å². The van der Waals surface area contributed by atoms with Gasteiger partial charge < -0.3 is 4.90 Å². The average Bonchev–Trinajstić information content (AvgIpc) is 2.58. The molecule has 146 valence electrons. The van der Waals surface area contributed by atoms with Crippen molar-refractivity contribution in [2.24, 2.45) is 5.14 Å². The van der Waals surface area contributed by atoms with Gasteiger partial charge in [-0.1, -0.05) is 30.3 Å². The van der Waals surface area contributed by atoms with Gasteiger partial charge >= 0.3 is 6.18 Å². The van der Waals surface area contributed by atoms with Crippen molar-refractivity contribution < 1.29 is 26.4 Å². The van der Waals surface area contributed by atoms with Gasteiger partial charge in [0.25, 0.3) is 0 Å². The number of nitrogens with zero attached hydrogens (tertiary/aromatic N) is 1. The van der Waals surface area contributed by atoms with Gasteiger partial charge in [-0.2, -0.15) is 13.2 Å². The van der Waals surface area contributed by atoms with Crippen LogP contribution in [0, 0.1) is 0 Å². The number of halogens is 3. The van der Waals surface area contributed by atoms with E-state index in [0.29, 0.717) is 6.42 Å². The lowest BCUT2D eigenvalue weighted by molar-refractivity contribution is -0.139. The molecular weight excluding hydrogens is 381 g/mol. The standard InChI is InChI=1S/C18H19F3N2O3S/c1-23(12-14-4-2-3-5-16(14)18(19,20)21)17(24)11-8-13-6-9-15(10-7-13)27(22,25)26/h2-7,9-10H,8,11-12H2,1H3,(H2,22,25,26). The van der Waals surface area contributed by atoms with E-state index in [4.69, 9.17) is 5.14 Å². The summed E-state index contributed by atoms with van der Waals surface area (Å²) in [6, 6.07) is 10.9. The van der Waals surface area contributed by atoms with Crippen LogP contribution in [0.15, 0.2) is 53.4 Å². The van der Waals surface area contributed by atoms with Crippen LogP contribution in [0.25, 0.3) is 0 Å². The molecule has 0 unspecified atom stereocenters. The highest BCUT2D eigenvalue weighted by molar-refractivity contribution is 7.89. The molecule has 9 heteroatoms. The number of sulfonamides is 1. The third-order valence-electron chi connectivity index (χ3n) is 4.04. The Balaban J connectivity index is 1.99. The first-order chi connectivity index (χ1) is 12.5. The third-order valence-corrected chi connectivity index (χ3v) is 4.96. The van der Waals surface area contributed by atoms with E-state index in [0.717, 1.165) is 11.6 Å². The molecule has 1 amide bonds. The van der Waals surface area contributed by atoms with E-state index >= 15 is 0 Å². The quantitative estimate of drug-likeness (QED) is 0.810. The number of alkyl halides is 3. The summed E-state index contributed by atoms with van der Waals surface area (Å²) in [5.74, 6) is -0.317. The van der Waals surface area contributed by atoms with Crippen LogP contribution in [0.4, 0.5) is 13.2 Å². The molecule has 2 aromatic rings. The van der Waals surface area contributed by atoms with Crippen LogP contribution in [-0.4, -0.2) is 26.3 Å². The van der Waals surface area contributed by atoms with Gasteiger partial charge in [0.2, 0.25) is 15.9 Å². The lowest BCUT2D eigenvalue weighted by Gasteiger charge is -2.20. The van der Waals surface area contributed by atoms with Gasteiger partial charge in [0.1, 0.15) is 0 Å². The van der Waals surface area contributed by atoms with E-state index in [2.05, 4.69) is 0 Å². The molecule has 2 rings (SSSR count). The van der Waals surface area contributed by atoms with Gasteiger partial charge in [0, 0.05) is 20.0 Å². The van der Waals surface area contributed by atoms with E-state index in [1.54, 1.807) is 12.1 Å². The minimum absolute atomic E-state index is 0.0263. The average molecular weight is 400 g/mol. The molecule has 0 aliphatic rings. The highest BCUT2D eigenvalue weighted by Gasteiger charge is 2.33. The number of aryl methyl sites for hydroxylation is 1. The molecule has 0 fully saturated rings. The fraction of sp³-hybridized carbons (Fsp3) is 0.278. The zero-order chi connectivity index (χ0) is 20.2.